The molecular weight excluding hydrogens is 489 g/mol. The number of ether oxygens (including phenoxy) is 7. The Kier molecular flexibility index (Phi) is 17.1. The number of benzene rings is 1. The lowest BCUT2D eigenvalue weighted by atomic mass is 10.2. The van der Waals surface area contributed by atoms with Gasteiger partial charge in [-0.25, -0.2) is 13.2 Å². The van der Waals surface area contributed by atoms with E-state index in [0.29, 0.717) is 59.4 Å². The monoisotopic (exact) mass is 519 g/mol. The number of carbonyl (C=O) groups is 1. The molecule has 0 aliphatic heterocycles. The van der Waals surface area contributed by atoms with Crippen molar-refractivity contribution in [1.82, 2.24) is 0 Å². The second-order valence-corrected chi connectivity index (χ2v) is 6.59. The molecule has 0 saturated heterocycles. The van der Waals surface area contributed by atoms with E-state index in [0.717, 1.165) is 0 Å². The average Bonchev–Trinajstić information content (AvgIpc) is 2.85. The van der Waals surface area contributed by atoms with Gasteiger partial charge in [-0.2, -0.15) is 8.78 Å². The fourth-order valence-electron chi connectivity index (χ4n) is 2.28. The molecule has 0 saturated carbocycles. The molecule has 14 heteroatoms. The molecule has 0 bridgehead atoms. The molecule has 9 nitrogen and oxygen atoms in total. The highest BCUT2D eigenvalue weighted by atomic mass is 19.2. The third-order valence-electron chi connectivity index (χ3n) is 3.96. The molecule has 0 unspecified atom stereocenters. The van der Waals surface area contributed by atoms with Crippen LogP contribution in [0, 0.1) is 29.1 Å². The number of esters is 1. The van der Waals surface area contributed by atoms with Crippen LogP contribution in [-0.4, -0.2) is 91.8 Å². The van der Waals surface area contributed by atoms with Crippen LogP contribution in [0.15, 0.2) is 0 Å². The molecule has 0 amide bonds. The SMILES string of the molecule is NCCOCCOCCOCCOCCOCCOCCC(=O)Oc1c(F)c(F)c(F)c(F)c1F. The van der Waals surface area contributed by atoms with Gasteiger partial charge in [0.1, 0.15) is 0 Å². The van der Waals surface area contributed by atoms with Gasteiger partial charge < -0.3 is 38.9 Å². The summed E-state index contributed by atoms with van der Waals surface area (Å²) in [5, 5.41) is 0. The van der Waals surface area contributed by atoms with E-state index in [1.54, 1.807) is 0 Å². The van der Waals surface area contributed by atoms with E-state index in [9.17, 15) is 26.7 Å². The minimum Gasteiger partial charge on any atom is -0.420 e. The zero-order valence-electron chi connectivity index (χ0n) is 19.1. The van der Waals surface area contributed by atoms with E-state index >= 15 is 0 Å². The van der Waals surface area contributed by atoms with Crippen molar-refractivity contribution in [3.05, 3.63) is 29.1 Å². The summed E-state index contributed by atoms with van der Waals surface area (Å²) < 4.78 is 102. The molecule has 0 aliphatic rings. The molecule has 0 aliphatic carbocycles. The van der Waals surface area contributed by atoms with Gasteiger partial charge in [-0.3, -0.25) is 4.79 Å². The van der Waals surface area contributed by atoms with Crippen LogP contribution in [-0.2, 0) is 33.2 Å². The number of rotatable bonds is 21. The number of carbonyl (C=O) groups excluding carboxylic acids is 1. The van der Waals surface area contributed by atoms with Gasteiger partial charge in [-0.15, -0.1) is 0 Å². The van der Waals surface area contributed by atoms with Crippen molar-refractivity contribution in [2.24, 2.45) is 5.73 Å². The summed E-state index contributed by atoms with van der Waals surface area (Å²) >= 11 is 0. The minimum atomic E-state index is -2.34. The smallest absolute Gasteiger partial charge is 0.313 e. The Labute approximate surface area is 199 Å². The second-order valence-electron chi connectivity index (χ2n) is 6.59. The van der Waals surface area contributed by atoms with Crippen LogP contribution >= 0.6 is 0 Å². The van der Waals surface area contributed by atoms with Gasteiger partial charge >= 0.3 is 5.97 Å². The van der Waals surface area contributed by atoms with Crippen molar-refractivity contribution >= 4 is 5.97 Å². The quantitative estimate of drug-likeness (QED) is 0.0649. The fraction of sp³-hybridized carbons (Fsp3) is 0.667. The number of halogens is 5. The van der Waals surface area contributed by atoms with Crippen molar-refractivity contribution in [3.8, 4) is 5.75 Å². The van der Waals surface area contributed by atoms with Crippen molar-refractivity contribution in [3.63, 3.8) is 0 Å². The largest absolute Gasteiger partial charge is 0.420 e. The van der Waals surface area contributed by atoms with Crippen molar-refractivity contribution in [2.45, 2.75) is 6.42 Å². The molecule has 0 atom stereocenters. The van der Waals surface area contributed by atoms with E-state index < -0.39 is 47.2 Å². The van der Waals surface area contributed by atoms with E-state index in [2.05, 4.69) is 4.74 Å². The standard InChI is InChI=1S/C21H30F5NO8/c22-16-17(23)19(25)21(20(26)18(16)24)35-15(28)1-3-29-5-7-31-9-11-33-13-14-34-12-10-32-8-6-30-4-2-27/h1-14,27H2. The van der Waals surface area contributed by atoms with Crippen LogP contribution in [0.2, 0.25) is 0 Å². The lowest BCUT2D eigenvalue weighted by Gasteiger charge is -2.09. The van der Waals surface area contributed by atoms with Gasteiger partial charge in [-0.1, -0.05) is 0 Å². The predicted octanol–water partition coefficient (Wildman–Crippen LogP) is 1.74. The molecule has 202 valence electrons. The summed E-state index contributed by atoms with van der Waals surface area (Å²) in [6, 6.07) is 0. The van der Waals surface area contributed by atoms with Crippen LogP contribution in [0.25, 0.3) is 0 Å². The molecule has 0 spiro atoms. The molecule has 1 aromatic rings. The molecule has 2 N–H and O–H groups in total. The van der Waals surface area contributed by atoms with Gasteiger partial charge in [0.15, 0.2) is 0 Å². The van der Waals surface area contributed by atoms with Crippen molar-refractivity contribution in [1.29, 1.82) is 0 Å². The van der Waals surface area contributed by atoms with Crippen LogP contribution in [0.5, 0.6) is 5.75 Å². The molecule has 1 aromatic carbocycles. The van der Waals surface area contributed by atoms with E-state index in [-0.39, 0.29) is 26.4 Å². The number of hydrogen-bond acceptors (Lipinski definition) is 9. The minimum absolute atomic E-state index is 0.0934. The van der Waals surface area contributed by atoms with E-state index in [1.165, 1.54) is 0 Å². The first-order valence-electron chi connectivity index (χ1n) is 10.8. The van der Waals surface area contributed by atoms with Crippen molar-refractivity contribution < 1.29 is 59.9 Å². The van der Waals surface area contributed by atoms with Gasteiger partial charge in [0.25, 0.3) is 0 Å². The summed E-state index contributed by atoms with van der Waals surface area (Å²) in [4.78, 5) is 11.6. The topological polar surface area (TPSA) is 108 Å². The lowest BCUT2D eigenvalue weighted by Crippen LogP contribution is -2.16. The van der Waals surface area contributed by atoms with Crippen molar-refractivity contribution in [2.75, 3.05) is 85.8 Å². The highest BCUT2D eigenvalue weighted by molar-refractivity contribution is 5.72. The zero-order valence-corrected chi connectivity index (χ0v) is 19.1. The Morgan fingerprint density at radius 3 is 1.20 bits per heavy atom. The molecule has 0 aromatic heterocycles. The maximum absolute atomic E-state index is 13.5. The summed E-state index contributed by atoms with van der Waals surface area (Å²) in [6.45, 7) is 4.28. The first-order valence-corrected chi connectivity index (χ1v) is 10.8. The second kappa shape index (κ2) is 19.3. The molecule has 0 radical (unpaired) electrons. The maximum Gasteiger partial charge on any atom is 0.313 e. The first kappa shape index (κ1) is 31.1. The van der Waals surface area contributed by atoms with Crippen LogP contribution in [0.1, 0.15) is 6.42 Å². The third-order valence-corrected chi connectivity index (χ3v) is 3.96. The zero-order chi connectivity index (χ0) is 25.9. The Hall–Kier alpha value is -1.94. The number of nitrogens with two attached hydrogens (primary N) is 1. The summed E-state index contributed by atoms with van der Waals surface area (Å²) in [5.74, 6) is -14.1. The van der Waals surface area contributed by atoms with Gasteiger partial charge in [0.2, 0.25) is 34.8 Å². The van der Waals surface area contributed by atoms with Crippen LogP contribution < -0.4 is 10.5 Å². The van der Waals surface area contributed by atoms with Gasteiger partial charge in [-0.05, 0) is 0 Å². The highest BCUT2D eigenvalue weighted by Gasteiger charge is 2.28. The molecule has 35 heavy (non-hydrogen) atoms. The maximum atomic E-state index is 13.5. The third kappa shape index (κ3) is 13.1. The Morgan fingerprint density at radius 1 is 0.514 bits per heavy atom. The summed E-state index contributed by atoms with van der Waals surface area (Å²) in [7, 11) is 0. The Morgan fingerprint density at radius 2 is 0.829 bits per heavy atom. The predicted molar refractivity (Wildman–Crippen MR) is 110 cm³/mol. The van der Waals surface area contributed by atoms with Gasteiger partial charge in [0.05, 0.1) is 85.7 Å². The van der Waals surface area contributed by atoms with E-state index in [1.807, 2.05) is 0 Å². The van der Waals surface area contributed by atoms with E-state index in [4.69, 9.17) is 34.2 Å². The molecule has 1 rings (SSSR count). The van der Waals surface area contributed by atoms with Crippen LogP contribution in [0.3, 0.4) is 0 Å². The van der Waals surface area contributed by atoms with Gasteiger partial charge in [0, 0.05) is 6.54 Å². The molecule has 0 heterocycles. The Balaban J connectivity index is 1.94. The molecule has 0 fully saturated rings. The first-order chi connectivity index (χ1) is 16.9. The fourth-order valence-corrected chi connectivity index (χ4v) is 2.28. The highest BCUT2D eigenvalue weighted by Crippen LogP contribution is 2.29. The lowest BCUT2D eigenvalue weighted by molar-refractivity contribution is -0.136. The normalized spacial score (nSPS) is 11.3. The number of hydrogen-bond donors (Lipinski definition) is 1. The molecular formula is C21H30F5NO8. The summed E-state index contributed by atoms with van der Waals surface area (Å²) in [5.41, 5.74) is 5.28. The average molecular weight is 519 g/mol. The van der Waals surface area contributed by atoms with Crippen LogP contribution in [0.4, 0.5) is 22.0 Å². The Bertz CT molecular complexity index is 715. The summed E-state index contributed by atoms with van der Waals surface area (Å²) in [6.07, 6.45) is -0.476.